The summed E-state index contributed by atoms with van der Waals surface area (Å²) in [6.07, 6.45) is 6.37. The Bertz CT molecular complexity index is 615. The van der Waals surface area contributed by atoms with Gasteiger partial charge < -0.3 is 10.3 Å². The van der Waals surface area contributed by atoms with E-state index >= 15 is 0 Å². The Morgan fingerprint density at radius 2 is 2.10 bits per heavy atom. The number of aromatic nitrogens is 1. The fourth-order valence-corrected chi connectivity index (χ4v) is 1.88. The number of hydrogen-bond donors (Lipinski definition) is 2. The SMILES string of the molecule is CC(C(=O)Nc1ccccc1/C=C/[C]=O)c1ccc[nH]1. The molecule has 1 radical (unpaired) electrons. The Hall–Kier alpha value is -2.62. The van der Waals surface area contributed by atoms with Crippen LogP contribution in [-0.2, 0) is 9.59 Å². The van der Waals surface area contributed by atoms with Crippen LogP contribution in [-0.4, -0.2) is 17.2 Å². The van der Waals surface area contributed by atoms with Crippen LogP contribution in [0.1, 0.15) is 24.1 Å². The van der Waals surface area contributed by atoms with Gasteiger partial charge in [-0.15, -0.1) is 0 Å². The maximum atomic E-state index is 12.2. The molecular formula is C16H15N2O2. The minimum absolute atomic E-state index is 0.108. The molecule has 0 saturated carbocycles. The summed E-state index contributed by atoms with van der Waals surface area (Å²) >= 11 is 0. The van der Waals surface area contributed by atoms with Crippen LogP contribution in [0.5, 0.6) is 0 Å². The number of nitrogens with one attached hydrogen (secondary N) is 2. The summed E-state index contributed by atoms with van der Waals surface area (Å²) in [5, 5.41) is 2.87. The van der Waals surface area contributed by atoms with Crippen molar-refractivity contribution in [2.24, 2.45) is 0 Å². The van der Waals surface area contributed by atoms with Gasteiger partial charge in [-0.25, -0.2) is 0 Å². The predicted octanol–water partition coefficient (Wildman–Crippen LogP) is 2.88. The van der Waals surface area contributed by atoms with Crippen molar-refractivity contribution in [1.82, 2.24) is 4.98 Å². The average Bonchev–Trinajstić information content (AvgIpc) is 2.99. The van der Waals surface area contributed by atoms with Gasteiger partial charge in [0.1, 0.15) is 0 Å². The highest BCUT2D eigenvalue weighted by molar-refractivity contribution is 5.97. The molecule has 1 unspecified atom stereocenters. The molecule has 0 aliphatic heterocycles. The van der Waals surface area contributed by atoms with Gasteiger partial charge in [-0.05, 0) is 42.8 Å². The molecule has 0 spiro atoms. The van der Waals surface area contributed by atoms with Crippen molar-refractivity contribution in [1.29, 1.82) is 0 Å². The number of anilines is 1. The molecule has 2 aromatic rings. The molecule has 2 N–H and O–H groups in total. The van der Waals surface area contributed by atoms with E-state index in [1.807, 2.05) is 37.3 Å². The van der Waals surface area contributed by atoms with Gasteiger partial charge >= 0.3 is 0 Å². The summed E-state index contributed by atoms with van der Waals surface area (Å²) in [5.74, 6) is -0.386. The van der Waals surface area contributed by atoms with E-state index < -0.39 is 0 Å². The molecular weight excluding hydrogens is 252 g/mol. The van der Waals surface area contributed by atoms with E-state index in [-0.39, 0.29) is 11.8 Å². The topological polar surface area (TPSA) is 62.0 Å². The standard InChI is InChI=1S/C16H15N2O2/c1-12(14-9-4-10-17-14)16(20)18-15-8-3-2-6-13(15)7-5-11-19/h2-10,12,17H,1H3,(H,18,20)/b7-5+. The molecule has 4 heteroatoms. The van der Waals surface area contributed by atoms with Crippen molar-refractivity contribution in [2.45, 2.75) is 12.8 Å². The summed E-state index contributed by atoms with van der Waals surface area (Å²) in [6, 6.07) is 11.0. The quantitative estimate of drug-likeness (QED) is 0.818. The molecule has 1 aromatic heterocycles. The molecule has 0 fully saturated rings. The minimum atomic E-state index is -0.278. The average molecular weight is 267 g/mol. The molecule has 1 atom stereocenters. The highest BCUT2D eigenvalue weighted by atomic mass is 16.1. The van der Waals surface area contributed by atoms with Gasteiger partial charge in [-0.2, -0.15) is 0 Å². The second-order valence-electron chi connectivity index (χ2n) is 4.37. The van der Waals surface area contributed by atoms with Gasteiger partial charge in [0.25, 0.3) is 0 Å². The van der Waals surface area contributed by atoms with Crippen LogP contribution in [0.4, 0.5) is 5.69 Å². The number of hydrogen-bond acceptors (Lipinski definition) is 2. The largest absolute Gasteiger partial charge is 0.364 e. The van der Waals surface area contributed by atoms with Crippen molar-refractivity contribution >= 4 is 24.0 Å². The van der Waals surface area contributed by atoms with Gasteiger partial charge in [0.2, 0.25) is 12.2 Å². The van der Waals surface area contributed by atoms with Crippen LogP contribution in [0.2, 0.25) is 0 Å². The second kappa shape index (κ2) is 6.52. The van der Waals surface area contributed by atoms with Crippen LogP contribution in [0.15, 0.2) is 48.7 Å². The molecule has 0 saturated heterocycles. The van der Waals surface area contributed by atoms with Crippen LogP contribution in [0.3, 0.4) is 0 Å². The van der Waals surface area contributed by atoms with Crippen LogP contribution >= 0.6 is 0 Å². The molecule has 0 aliphatic carbocycles. The van der Waals surface area contributed by atoms with Crippen molar-refractivity contribution < 1.29 is 9.59 Å². The molecule has 0 bridgehead atoms. The zero-order chi connectivity index (χ0) is 14.4. The maximum absolute atomic E-state index is 12.2. The van der Waals surface area contributed by atoms with Crippen LogP contribution in [0.25, 0.3) is 6.08 Å². The Balaban J connectivity index is 2.15. The van der Waals surface area contributed by atoms with Crippen LogP contribution < -0.4 is 5.32 Å². The lowest BCUT2D eigenvalue weighted by Crippen LogP contribution is -2.19. The maximum Gasteiger partial charge on any atom is 0.233 e. The fourth-order valence-electron chi connectivity index (χ4n) is 1.88. The third-order valence-corrected chi connectivity index (χ3v) is 3.03. The molecule has 1 aromatic carbocycles. The first kappa shape index (κ1) is 13.8. The van der Waals surface area contributed by atoms with E-state index in [4.69, 9.17) is 0 Å². The Kier molecular flexibility index (Phi) is 4.50. The lowest BCUT2D eigenvalue weighted by atomic mass is 10.1. The minimum Gasteiger partial charge on any atom is -0.364 e. The lowest BCUT2D eigenvalue weighted by Gasteiger charge is -2.12. The first-order chi connectivity index (χ1) is 9.72. The normalized spacial score (nSPS) is 12.2. The number of allylic oxidation sites excluding steroid dienone is 1. The summed E-state index contributed by atoms with van der Waals surface area (Å²) < 4.78 is 0. The van der Waals surface area contributed by atoms with Gasteiger partial charge in [0.15, 0.2) is 0 Å². The highest BCUT2D eigenvalue weighted by Crippen LogP contribution is 2.20. The van der Waals surface area contributed by atoms with Crippen molar-refractivity contribution in [2.75, 3.05) is 5.32 Å². The summed E-state index contributed by atoms with van der Waals surface area (Å²) in [6.45, 7) is 1.83. The number of carbonyl (C=O) groups is 1. The first-order valence-electron chi connectivity index (χ1n) is 6.29. The zero-order valence-corrected chi connectivity index (χ0v) is 11.1. The van der Waals surface area contributed by atoms with Gasteiger partial charge in [0, 0.05) is 17.6 Å². The predicted molar refractivity (Wildman–Crippen MR) is 79.0 cm³/mol. The van der Waals surface area contributed by atoms with E-state index in [1.165, 1.54) is 6.08 Å². The molecule has 20 heavy (non-hydrogen) atoms. The van der Waals surface area contributed by atoms with E-state index in [1.54, 1.807) is 24.6 Å². The van der Waals surface area contributed by atoms with Crippen molar-refractivity contribution in [3.05, 3.63) is 59.9 Å². The summed E-state index contributed by atoms with van der Waals surface area (Å²) in [4.78, 5) is 25.5. The molecule has 1 heterocycles. The number of carbonyl (C=O) groups excluding carboxylic acids is 2. The Labute approximate surface area is 117 Å². The monoisotopic (exact) mass is 267 g/mol. The Morgan fingerprint density at radius 1 is 1.30 bits per heavy atom. The number of rotatable bonds is 5. The summed E-state index contributed by atoms with van der Waals surface area (Å²) in [5.41, 5.74) is 2.29. The van der Waals surface area contributed by atoms with Crippen molar-refractivity contribution in [3.8, 4) is 0 Å². The Morgan fingerprint density at radius 3 is 2.80 bits per heavy atom. The van der Waals surface area contributed by atoms with Crippen molar-refractivity contribution in [3.63, 3.8) is 0 Å². The van der Waals surface area contributed by atoms with Crippen LogP contribution in [0, 0.1) is 0 Å². The third-order valence-electron chi connectivity index (χ3n) is 3.03. The van der Waals surface area contributed by atoms with E-state index in [0.29, 0.717) is 5.69 Å². The van der Waals surface area contributed by atoms with E-state index in [0.717, 1.165) is 11.3 Å². The number of H-pyrrole nitrogens is 1. The number of amides is 1. The lowest BCUT2D eigenvalue weighted by molar-refractivity contribution is -0.117. The molecule has 101 valence electrons. The second-order valence-corrected chi connectivity index (χ2v) is 4.37. The van der Waals surface area contributed by atoms with E-state index in [9.17, 15) is 9.59 Å². The van der Waals surface area contributed by atoms with E-state index in [2.05, 4.69) is 10.3 Å². The fraction of sp³-hybridized carbons (Fsp3) is 0.125. The van der Waals surface area contributed by atoms with Gasteiger partial charge in [0.05, 0.1) is 5.92 Å². The molecule has 1 amide bonds. The molecule has 2 rings (SSSR count). The molecule has 4 nitrogen and oxygen atoms in total. The smallest absolute Gasteiger partial charge is 0.233 e. The number of benzene rings is 1. The van der Waals surface area contributed by atoms with Gasteiger partial charge in [-0.3, -0.25) is 9.59 Å². The third kappa shape index (κ3) is 3.23. The van der Waals surface area contributed by atoms with Gasteiger partial charge in [-0.1, -0.05) is 18.2 Å². The number of para-hydroxylation sites is 1. The zero-order valence-electron chi connectivity index (χ0n) is 11.1. The first-order valence-corrected chi connectivity index (χ1v) is 6.29. The summed E-state index contributed by atoms with van der Waals surface area (Å²) in [7, 11) is 0. The highest BCUT2D eigenvalue weighted by Gasteiger charge is 2.16. The molecule has 0 aliphatic rings. The number of aromatic amines is 1.